The average molecular weight is 724 g/mol. The molecule has 0 saturated heterocycles. The first kappa shape index (κ1) is 36.9. The third-order valence-corrected chi connectivity index (χ3v) is 13.9. The molecule has 0 amide bonds. The molecule has 11 atom stereocenters. The Morgan fingerprint density at radius 3 is 1.92 bits per heavy atom. The Bertz CT molecular complexity index is 1560. The molecule has 4 fully saturated rings. The largest absolute Gasteiger partial charge is 0.463 e. The van der Waals surface area contributed by atoms with Gasteiger partial charge in [0.05, 0.1) is 0 Å². The van der Waals surface area contributed by atoms with Gasteiger partial charge < -0.3 is 14.2 Å². The lowest BCUT2D eigenvalue weighted by Crippen LogP contribution is -2.63. The molecule has 0 unspecified atom stereocenters. The lowest BCUT2D eigenvalue weighted by molar-refractivity contribution is -0.224. The van der Waals surface area contributed by atoms with Crippen molar-refractivity contribution in [2.45, 2.75) is 111 Å². The molecule has 50 heavy (non-hydrogen) atoms. The number of carbonyl (C=O) groups excluding carboxylic acids is 3. The minimum atomic E-state index is -0.280. The molecular weight excluding hydrogens is 671 g/mol. The Hall–Kier alpha value is -2.83. The summed E-state index contributed by atoms with van der Waals surface area (Å²) in [5.41, 5.74) is 3.01. The maximum atomic E-state index is 12.8. The maximum absolute atomic E-state index is 12.8. The molecule has 0 spiro atoms. The summed E-state index contributed by atoms with van der Waals surface area (Å²) < 4.78 is 18.3. The van der Waals surface area contributed by atoms with Crippen molar-refractivity contribution in [1.82, 2.24) is 0 Å². The second-order valence-electron chi connectivity index (χ2n) is 16.1. The van der Waals surface area contributed by atoms with Gasteiger partial charge in [0.15, 0.2) is 0 Å². The highest BCUT2D eigenvalue weighted by molar-refractivity contribution is 6.31. The molecule has 0 radical (unpaired) electrons. The van der Waals surface area contributed by atoms with E-state index in [4.69, 9.17) is 37.4 Å². The molecule has 4 aliphatic carbocycles. The number of esters is 3. The number of hydrogen-bond acceptors (Lipinski definition) is 6. The van der Waals surface area contributed by atoms with Gasteiger partial charge in [0.25, 0.3) is 0 Å². The second-order valence-corrected chi connectivity index (χ2v) is 17.0. The third-order valence-electron chi connectivity index (χ3n) is 13.4. The Balaban J connectivity index is 1.33. The third kappa shape index (κ3) is 7.13. The zero-order valence-electron chi connectivity index (χ0n) is 30.3. The van der Waals surface area contributed by atoms with Crippen LogP contribution in [-0.2, 0) is 28.6 Å². The van der Waals surface area contributed by atoms with Crippen LogP contribution in [0.25, 0.3) is 5.57 Å². The molecule has 2 aromatic rings. The first-order chi connectivity index (χ1) is 23.7. The fourth-order valence-corrected chi connectivity index (χ4v) is 11.5. The Morgan fingerprint density at radius 2 is 1.36 bits per heavy atom. The summed E-state index contributed by atoms with van der Waals surface area (Å²) in [7, 11) is 0. The van der Waals surface area contributed by atoms with Crippen LogP contribution in [0.3, 0.4) is 0 Å². The summed E-state index contributed by atoms with van der Waals surface area (Å²) in [5, 5.41) is 1.39. The van der Waals surface area contributed by atoms with E-state index in [0.717, 1.165) is 68.1 Å². The predicted octanol–water partition coefficient (Wildman–Crippen LogP) is 10.1. The Labute approximate surface area is 307 Å². The van der Waals surface area contributed by atoms with Gasteiger partial charge in [0, 0.05) is 42.1 Å². The van der Waals surface area contributed by atoms with Crippen molar-refractivity contribution in [3.63, 3.8) is 0 Å². The van der Waals surface area contributed by atoms with Crippen LogP contribution in [0.4, 0.5) is 0 Å². The molecule has 0 aliphatic heterocycles. The molecule has 6 rings (SSSR count). The maximum Gasteiger partial charge on any atom is 0.302 e. The average Bonchev–Trinajstić information content (AvgIpc) is 3.41. The monoisotopic (exact) mass is 722 g/mol. The smallest absolute Gasteiger partial charge is 0.302 e. The van der Waals surface area contributed by atoms with E-state index in [1.54, 1.807) is 0 Å². The van der Waals surface area contributed by atoms with Crippen LogP contribution in [0.1, 0.15) is 104 Å². The highest BCUT2D eigenvalue weighted by Crippen LogP contribution is 2.69. The van der Waals surface area contributed by atoms with E-state index in [1.165, 1.54) is 20.8 Å². The number of hydrogen-bond donors (Lipinski definition) is 0. The van der Waals surface area contributed by atoms with E-state index in [1.807, 2.05) is 24.3 Å². The van der Waals surface area contributed by atoms with Crippen molar-refractivity contribution in [2.75, 3.05) is 0 Å². The van der Waals surface area contributed by atoms with Crippen molar-refractivity contribution in [2.24, 2.45) is 46.3 Å². The topological polar surface area (TPSA) is 78.9 Å². The number of benzene rings is 2. The molecule has 0 heterocycles. The summed E-state index contributed by atoms with van der Waals surface area (Å²) in [6.45, 7) is 11.6. The number of ether oxygens (including phenoxy) is 3. The quantitative estimate of drug-likeness (QED) is 0.199. The zero-order valence-corrected chi connectivity index (χ0v) is 31.8. The summed E-state index contributed by atoms with van der Waals surface area (Å²) in [5.74, 6) is 0.736. The van der Waals surface area contributed by atoms with Crippen LogP contribution in [-0.4, -0.2) is 36.2 Å². The summed E-state index contributed by atoms with van der Waals surface area (Å²) in [6.07, 6.45) is 8.69. The highest BCUT2D eigenvalue weighted by Gasteiger charge is 2.67. The molecular formula is C42H52Cl2O6. The molecule has 4 saturated carbocycles. The lowest BCUT2D eigenvalue weighted by atomic mass is 9.43. The number of fused-ring (bicyclic) bond motifs is 5. The molecule has 4 aliphatic rings. The van der Waals surface area contributed by atoms with Crippen molar-refractivity contribution in [3.8, 4) is 0 Å². The minimum absolute atomic E-state index is 0.0316. The standard InChI is InChI=1S/C42H52Cl2O6/c1-24(7-16-34(28-8-12-31(43)13-9-28)29-10-14-32(44)15-11-29)35-17-18-36-40-37(23-39(42(35,36)6)50-27(4)47)41(5)20-19-33(48-25(2)45)21-30(41)22-38(40)49-26(3)46/h8-16,24,30,33,35-40H,7,17-23H2,1-6H3/t24-,30-,33-,35-,36+,37+,38-,39+,40+,41+,42-/m1/s1. The van der Waals surface area contributed by atoms with Crippen molar-refractivity contribution >= 4 is 46.7 Å². The van der Waals surface area contributed by atoms with Crippen molar-refractivity contribution < 1.29 is 28.6 Å². The van der Waals surface area contributed by atoms with E-state index in [9.17, 15) is 14.4 Å². The van der Waals surface area contributed by atoms with Gasteiger partial charge in [-0.05, 0) is 127 Å². The van der Waals surface area contributed by atoms with Crippen molar-refractivity contribution in [3.05, 3.63) is 75.8 Å². The normalized spacial score (nSPS) is 35.0. The molecule has 2 aromatic carbocycles. The van der Waals surface area contributed by atoms with Crippen LogP contribution in [0.15, 0.2) is 54.6 Å². The number of allylic oxidation sites excluding steroid dienone is 1. The fraction of sp³-hybridized carbons (Fsp3) is 0.595. The lowest BCUT2D eigenvalue weighted by Gasteiger charge is -2.64. The van der Waals surface area contributed by atoms with Gasteiger partial charge in [-0.15, -0.1) is 0 Å². The van der Waals surface area contributed by atoms with E-state index in [0.29, 0.717) is 21.9 Å². The van der Waals surface area contributed by atoms with Gasteiger partial charge in [0.1, 0.15) is 18.3 Å². The molecule has 8 heteroatoms. The summed E-state index contributed by atoms with van der Waals surface area (Å²) >= 11 is 12.5. The van der Waals surface area contributed by atoms with Crippen LogP contribution < -0.4 is 0 Å². The van der Waals surface area contributed by atoms with Gasteiger partial charge in [0.2, 0.25) is 0 Å². The van der Waals surface area contributed by atoms with Gasteiger partial charge in [-0.25, -0.2) is 0 Å². The minimum Gasteiger partial charge on any atom is -0.463 e. The first-order valence-corrected chi connectivity index (χ1v) is 19.2. The van der Waals surface area contributed by atoms with Crippen molar-refractivity contribution in [1.29, 1.82) is 0 Å². The van der Waals surface area contributed by atoms with Gasteiger partial charge in [-0.2, -0.15) is 0 Å². The van der Waals surface area contributed by atoms with Crippen LogP contribution in [0.5, 0.6) is 0 Å². The van der Waals surface area contributed by atoms with Crippen LogP contribution >= 0.6 is 23.2 Å². The molecule has 6 nitrogen and oxygen atoms in total. The predicted molar refractivity (Wildman–Crippen MR) is 196 cm³/mol. The fourth-order valence-electron chi connectivity index (χ4n) is 11.2. The molecule has 0 bridgehead atoms. The van der Waals surface area contributed by atoms with Crippen LogP contribution in [0, 0.1) is 46.3 Å². The van der Waals surface area contributed by atoms with Crippen LogP contribution in [0.2, 0.25) is 10.0 Å². The van der Waals surface area contributed by atoms with E-state index < -0.39 is 0 Å². The SMILES string of the molecule is CC(=O)O[C@@H]1CC[C@@]2(C)[C@H](C1)C[C@@H](OC(C)=O)[C@@H]1[C@@H]2C[C@H](OC(C)=O)[C@]2(C)[C@@H]([C@H](C)CC=C(c3ccc(Cl)cc3)c3ccc(Cl)cc3)CC[C@@H]12. The molecule has 270 valence electrons. The zero-order chi connectivity index (χ0) is 36.0. The summed E-state index contributed by atoms with van der Waals surface area (Å²) in [6, 6.07) is 15.9. The number of rotatable bonds is 8. The second kappa shape index (κ2) is 14.7. The van der Waals surface area contributed by atoms with Gasteiger partial charge in [-0.1, -0.05) is 74.3 Å². The van der Waals surface area contributed by atoms with E-state index >= 15 is 0 Å². The Morgan fingerprint density at radius 1 is 0.780 bits per heavy atom. The van der Waals surface area contributed by atoms with Gasteiger partial charge in [-0.3, -0.25) is 14.4 Å². The van der Waals surface area contributed by atoms with E-state index in [2.05, 4.69) is 51.1 Å². The molecule has 0 N–H and O–H groups in total. The number of halogens is 2. The molecule has 0 aromatic heterocycles. The van der Waals surface area contributed by atoms with Gasteiger partial charge >= 0.3 is 17.9 Å². The number of carbonyl (C=O) groups is 3. The highest BCUT2D eigenvalue weighted by atomic mass is 35.5. The Kier molecular flexibility index (Phi) is 10.8. The summed E-state index contributed by atoms with van der Waals surface area (Å²) in [4.78, 5) is 37.3. The van der Waals surface area contributed by atoms with E-state index in [-0.39, 0.29) is 70.7 Å². The first-order valence-electron chi connectivity index (χ1n) is 18.4.